The number of carbonyl (C=O) groups is 2. The maximum absolute atomic E-state index is 11.4. The van der Waals surface area contributed by atoms with Crippen molar-refractivity contribution in [1.82, 2.24) is 5.32 Å². The minimum Gasteiger partial charge on any atom is -0.481 e. The van der Waals surface area contributed by atoms with Gasteiger partial charge in [0.25, 0.3) is 0 Å². The Hall–Kier alpha value is -1.10. The Labute approximate surface area is 89.0 Å². The van der Waals surface area contributed by atoms with Gasteiger partial charge in [0, 0.05) is 13.0 Å². The highest BCUT2D eigenvalue weighted by molar-refractivity contribution is 5.88. The summed E-state index contributed by atoms with van der Waals surface area (Å²) in [6.45, 7) is 2.42. The number of carboxylic acids is 1. The highest BCUT2D eigenvalue weighted by Gasteiger charge is 2.45. The molecule has 0 saturated heterocycles. The van der Waals surface area contributed by atoms with E-state index in [1.165, 1.54) is 0 Å². The van der Waals surface area contributed by atoms with Crippen LogP contribution >= 0.6 is 0 Å². The van der Waals surface area contributed by atoms with Crippen LogP contribution in [0.1, 0.15) is 32.6 Å². The van der Waals surface area contributed by atoms with E-state index in [-0.39, 0.29) is 18.2 Å². The molecule has 4 N–H and O–H groups in total. The second-order valence-corrected chi connectivity index (χ2v) is 4.40. The Bertz CT molecular complexity index is 261. The second-order valence-electron chi connectivity index (χ2n) is 4.40. The first-order valence-electron chi connectivity index (χ1n) is 5.23. The summed E-state index contributed by atoms with van der Waals surface area (Å²) in [7, 11) is 0. The summed E-state index contributed by atoms with van der Waals surface area (Å²) in [5, 5.41) is 11.2. The van der Waals surface area contributed by atoms with E-state index in [0.717, 1.165) is 12.8 Å². The van der Waals surface area contributed by atoms with Crippen molar-refractivity contribution < 1.29 is 14.7 Å². The Balaban J connectivity index is 2.13. The lowest BCUT2D eigenvalue weighted by atomic mass is 10.1. The molecule has 1 unspecified atom stereocenters. The van der Waals surface area contributed by atoms with Crippen LogP contribution in [-0.2, 0) is 9.59 Å². The molecular formula is C10H18N2O3. The van der Waals surface area contributed by atoms with Gasteiger partial charge >= 0.3 is 5.97 Å². The standard InChI is InChI=1S/C10H18N2O3/c1-7(2-3-8(13)14)6-12-9(15)10(11)4-5-10/h7H,2-6,11H2,1H3,(H,12,15)(H,13,14). The second kappa shape index (κ2) is 4.61. The number of nitrogens with one attached hydrogen (secondary N) is 1. The summed E-state index contributed by atoms with van der Waals surface area (Å²) >= 11 is 0. The number of nitrogens with two attached hydrogens (primary N) is 1. The van der Waals surface area contributed by atoms with Gasteiger partial charge in [0.1, 0.15) is 0 Å². The Morgan fingerprint density at radius 2 is 2.13 bits per heavy atom. The fourth-order valence-electron chi connectivity index (χ4n) is 1.28. The zero-order valence-corrected chi connectivity index (χ0v) is 8.95. The van der Waals surface area contributed by atoms with Crippen LogP contribution in [0.2, 0.25) is 0 Å². The van der Waals surface area contributed by atoms with Crippen LogP contribution in [0, 0.1) is 5.92 Å². The first-order valence-corrected chi connectivity index (χ1v) is 5.23. The number of carbonyl (C=O) groups excluding carboxylic acids is 1. The molecule has 0 heterocycles. The monoisotopic (exact) mass is 214 g/mol. The van der Waals surface area contributed by atoms with Gasteiger partial charge in [-0.15, -0.1) is 0 Å². The number of aliphatic carboxylic acids is 1. The van der Waals surface area contributed by atoms with Gasteiger partial charge in [-0.3, -0.25) is 9.59 Å². The molecule has 0 bridgehead atoms. The summed E-state index contributed by atoms with van der Waals surface area (Å²) in [5.41, 5.74) is 5.06. The zero-order valence-electron chi connectivity index (χ0n) is 8.95. The van der Waals surface area contributed by atoms with E-state index in [4.69, 9.17) is 10.8 Å². The molecule has 1 saturated carbocycles. The largest absolute Gasteiger partial charge is 0.481 e. The minimum absolute atomic E-state index is 0.107. The summed E-state index contributed by atoms with van der Waals surface area (Å²) < 4.78 is 0. The van der Waals surface area contributed by atoms with Gasteiger partial charge in [-0.2, -0.15) is 0 Å². The Kier molecular flexibility index (Phi) is 3.68. The van der Waals surface area contributed by atoms with Gasteiger partial charge in [0.2, 0.25) is 5.91 Å². The number of rotatable bonds is 6. The lowest BCUT2D eigenvalue weighted by Crippen LogP contribution is -2.44. The van der Waals surface area contributed by atoms with Gasteiger partial charge in [-0.25, -0.2) is 0 Å². The normalized spacial score (nSPS) is 19.3. The first-order chi connectivity index (χ1) is 6.94. The van der Waals surface area contributed by atoms with Crippen molar-refractivity contribution in [3.8, 4) is 0 Å². The van der Waals surface area contributed by atoms with Gasteiger partial charge in [-0.05, 0) is 25.2 Å². The van der Waals surface area contributed by atoms with Crippen LogP contribution < -0.4 is 11.1 Å². The molecule has 1 atom stereocenters. The van der Waals surface area contributed by atoms with Gasteiger partial charge in [0.05, 0.1) is 5.54 Å². The summed E-state index contributed by atoms with van der Waals surface area (Å²) in [6, 6.07) is 0. The molecule has 1 aliphatic carbocycles. The zero-order chi connectivity index (χ0) is 11.5. The van der Waals surface area contributed by atoms with E-state index in [9.17, 15) is 9.59 Å². The lowest BCUT2D eigenvalue weighted by Gasteiger charge is -2.14. The van der Waals surface area contributed by atoms with E-state index in [2.05, 4.69) is 5.32 Å². The molecule has 86 valence electrons. The topological polar surface area (TPSA) is 92.4 Å². The minimum atomic E-state index is -0.800. The number of hydrogen-bond donors (Lipinski definition) is 3. The van der Waals surface area contributed by atoms with Crippen molar-refractivity contribution in [2.75, 3.05) is 6.54 Å². The number of amides is 1. The molecule has 15 heavy (non-hydrogen) atoms. The van der Waals surface area contributed by atoms with Crippen molar-refractivity contribution in [3.05, 3.63) is 0 Å². The van der Waals surface area contributed by atoms with Crippen LogP contribution in [0.3, 0.4) is 0 Å². The predicted molar refractivity (Wildman–Crippen MR) is 55.2 cm³/mol. The lowest BCUT2D eigenvalue weighted by molar-refractivity contribution is -0.137. The van der Waals surface area contributed by atoms with Crippen LogP contribution in [0.15, 0.2) is 0 Å². The summed E-state index contributed by atoms with van der Waals surface area (Å²) in [5.74, 6) is -0.734. The molecule has 1 amide bonds. The van der Waals surface area contributed by atoms with E-state index < -0.39 is 11.5 Å². The molecule has 0 aromatic rings. The first kappa shape index (κ1) is 12.0. The van der Waals surface area contributed by atoms with Crippen LogP contribution in [-0.4, -0.2) is 29.1 Å². The molecular weight excluding hydrogens is 196 g/mol. The predicted octanol–water partition coefficient (Wildman–Crippen LogP) is 0.0948. The van der Waals surface area contributed by atoms with Gasteiger partial charge in [0.15, 0.2) is 0 Å². The van der Waals surface area contributed by atoms with Gasteiger partial charge < -0.3 is 16.2 Å². The van der Waals surface area contributed by atoms with Crippen LogP contribution in [0.5, 0.6) is 0 Å². The molecule has 1 fully saturated rings. The molecule has 0 aliphatic heterocycles. The van der Waals surface area contributed by atoms with Crippen LogP contribution in [0.4, 0.5) is 0 Å². The quantitative estimate of drug-likeness (QED) is 0.584. The van der Waals surface area contributed by atoms with E-state index in [1.807, 2.05) is 6.92 Å². The van der Waals surface area contributed by atoms with E-state index >= 15 is 0 Å². The highest BCUT2D eigenvalue weighted by atomic mass is 16.4. The summed E-state index contributed by atoms with van der Waals surface area (Å²) in [6.07, 6.45) is 2.22. The molecule has 1 aliphatic rings. The van der Waals surface area contributed by atoms with Crippen molar-refractivity contribution in [1.29, 1.82) is 0 Å². The fraction of sp³-hybridized carbons (Fsp3) is 0.800. The molecule has 0 aromatic heterocycles. The molecule has 0 radical (unpaired) electrons. The van der Waals surface area contributed by atoms with Crippen molar-refractivity contribution in [3.63, 3.8) is 0 Å². The maximum Gasteiger partial charge on any atom is 0.303 e. The molecule has 5 heteroatoms. The summed E-state index contributed by atoms with van der Waals surface area (Å²) in [4.78, 5) is 21.7. The Morgan fingerprint density at radius 3 is 2.60 bits per heavy atom. The molecule has 0 spiro atoms. The van der Waals surface area contributed by atoms with E-state index in [1.54, 1.807) is 0 Å². The number of hydrogen-bond acceptors (Lipinski definition) is 3. The van der Waals surface area contributed by atoms with Crippen LogP contribution in [0.25, 0.3) is 0 Å². The smallest absolute Gasteiger partial charge is 0.303 e. The van der Waals surface area contributed by atoms with E-state index in [0.29, 0.717) is 13.0 Å². The molecule has 1 rings (SSSR count). The van der Waals surface area contributed by atoms with Crippen molar-refractivity contribution >= 4 is 11.9 Å². The third-order valence-corrected chi connectivity index (χ3v) is 2.70. The fourth-order valence-corrected chi connectivity index (χ4v) is 1.28. The third kappa shape index (κ3) is 3.87. The van der Waals surface area contributed by atoms with Gasteiger partial charge in [-0.1, -0.05) is 6.92 Å². The molecule has 5 nitrogen and oxygen atoms in total. The third-order valence-electron chi connectivity index (χ3n) is 2.70. The average Bonchev–Trinajstić information content (AvgIpc) is 2.91. The maximum atomic E-state index is 11.4. The number of carboxylic acid groups (broad SMARTS) is 1. The highest BCUT2D eigenvalue weighted by Crippen LogP contribution is 2.32. The average molecular weight is 214 g/mol. The Morgan fingerprint density at radius 1 is 1.53 bits per heavy atom. The van der Waals surface area contributed by atoms with Crippen molar-refractivity contribution in [2.45, 2.75) is 38.1 Å². The SMILES string of the molecule is CC(CCC(=O)O)CNC(=O)C1(N)CC1. The molecule has 0 aromatic carbocycles. The van der Waals surface area contributed by atoms with Crippen molar-refractivity contribution in [2.24, 2.45) is 11.7 Å².